The quantitative estimate of drug-likeness (QED) is 0.413. The lowest BCUT2D eigenvalue weighted by molar-refractivity contribution is -0.134. The highest BCUT2D eigenvalue weighted by molar-refractivity contribution is 7.19. The van der Waals surface area contributed by atoms with Crippen LogP contribution in [0.4, 0.5) is 11.5 Å². The number of H-pyrrole nitrogens is 2. The summed E-state index contributed by atoms with van der Waals surface area (Å²) in [5.74, 6) is 0.852. The zero-order valence-electron chi connectivity index (χ0n) is 18.1. The summed E-state index contributed by atoms with van der Waals surface area (Å²) in [6.45, 7) is 2.94. The Balaban J connectivity index is 1.45. The molecule has 0 aliphatic heterocycles. The van der Waals surface area contributed by atoms with Gasteiger partial charge < -0.3 is 15.2 Å². The van der Waals surface area contributed by atoms with Crippen LogP contribution in [0.2, 0.25) is 0 Å². The minimum Gasteiger partial charge on any atom is -0.346 e. The molecular formula is C22H25N7O2S. The van der Waals surface area contributed by atoms with Crippen LogP contribution < -0.4 is 10.9 Å². The van der Waals surface area contributed by atoms with Gasteiger partial charge in [-0.1, -0.05) is 13.3 Å². The maximum atomic E-state index is 12.9. The topological polar surface area (TPSA) is 120 Å². The summed E-state index contributed by atoms with van der Waals surface area (Å²) in [5, 5.41) is 11.7. The number of amides is 1. The molecule has 0 fully saturated rings. The van der Waals surface area contributed by atoms with E-state index in [1.165, 1.54) is 16.8 Å². The Kier molecular flexibility index (Phi) is 5.38. The van der Waals surface area contributed by atoms with Crippen LogP contribution in [0, 0.1) is 5.92 Å². The third-order valence-corrected chi connectivity index (χ3v) is 7.28. The zero-order chi connectivity index (χ0) is 22.2. The van der Waals surface area contributed by atoms with Crippen molar-refractivity contribution in [2.75, 3.05) is 18.9 Å². The summed E-state index contributed by atoms with van der Waals surface area (Å²) < 4.78 is 0. The van der Waals surface area contributed by atoms with Crippen LogP contribution in [-0.4, -0.2) is 49.5 Å². The van der Waals surface area contributed by atoms with E-state index in [1.807, 2.05) is 11.9 Å². The number of aromatic nitrogens is 5. The van der Waals surface area contributed by atoms with Gasteiger partial charge in [0, 0.05) is 29.8 Å². The fraction of sp³-hybridized carbons (Fsp3) is 0.409. The predicted octanol–water partition coefficient (Wildman–Crippen LogP) is 3.36. The van der Waals surface area contributed by atoms with Gasteiger partial charge in [0.1, 0.15) is 28.3 Å². The molecule has 1 aliphatic rings. The van der Waals surface area contributed by atoms with Crippen molar-refractivity contribution in [2.24, 2.45) is 5.92 Å². The van der Waals surface area contributed by atoms with Gasteiger partial charge in [-0.2, -0.15) is 5.10 Å². The molecular weight excluding hydrogens is 426 g/mol. The minimum absolute atomic E-state index is 0.00753. The van der Waals surface area contributed by atoms with Crippen LogP contribution in [0.3, 0.4) is 0 Å². The van der Waals surface area contributed by atoms with Gasteiger partial charge in [-0.15, -0.1) is 11.3 Å². The molecule has 9 nitrogen and oxygen atoms in total. The van der Waals surface area contributed by atoms with E-state index >= 15 is 0 Å². The fourth-order valence-electron chi connectivity index (χ4n) is 4.36. The Morgan fingerprint density at radius 3 is 3.09 bits per heavy atom. The average molecular weight is 452 g/mol. The molecule has 0 saturated carbocycles. The highest BCUT2D eigenvalue weighted by Crippen LogP contribution is 2.40. The first-order valence-corrected chi connectivity index (χ1v) is 11.7. The normalized spacial score (nSPS) is 15.8. The summed E-state index contributed by atoms with van der Waals surface area (Å²) in [5.41, 5.74) is 1.92. The minimum atomic E-state index is -0.251. The largest absolute Gasteiger partial charge is 0.346 e. The van der Waals surface area contributed by atoms with E-state index in [0.29, 0.717) is 17.2 Å². The molecule has 1 aliphatic carbocycles. The van der Waals surface area contributed by atoms with Gasteiger partial charge in [-0.05, 0) is 37.3 Å². The summed E-state index contributed by atoms with van der Waals surface area (Å²) in [7, 11) is 1.90. The van der Waals surface area contributed by atoms with Gasteiger partial charge in [0.2, 0.25) is 5.91 Å². The molecule has 4 aromatic rings. The second-order valence-electron chi connectivity index (χ2n) is 8.30. The third kappa shape index (κ3) is 3.64. The van der Waals surface area contributed by atoms with Crippen molar-refractivity contribution in [2.45, 2.75) is 39.0 Å². The van der Waals surface area contributed by atoms with Crippen LogP contribution >= 0.6 is 11.3 Å². The lowest BCUT2D eigenvalue weighted by Gasteiger charge is -2.26. The van der Waals surface area contributed by atoms with Crippen LogP contribution in [0.5, 0.6) is 0 Å². The number of carbonyl (C=O) groups excluding carboxylic acids is 1. The van der Waals surface area contributed by atoms with E-state index in [4.69, 9.17) is 0 Å². The Hall–Kier alpha value is -3.27. The van der Waals surface area contributed by atoms with Crippen molar-refractivity contribution in [3.05, 3.63) is 39.4 Å². The van der Waals surface area contributed by atoms with Gasteiger partial charge in [0.15, 0.2) is 0 Å². The number of anilines is 2. The molecule has 1 amide bonds. The van der Waals surface area contributed by atoms with E-state index in [9.17, 15) is 9.59 Å². The van der Waals surface area contributed by atoms with Crippen LogP contribution in [0.15, 0.2) is 23.4 Å². The first-order valence-electron chi connectivity index (χ1n) is 10.9. The predicted molar refractivity (Wildman–Crippen MR) is 125 cm³/mol. The maximum absolute atomic E-state index is 12.9. The molecule has 0 saturated heterocycles. The zero-order valence-corrected chi connectivity index (χ0v) is 18.9. The molecule has 1 unspecified atom stereocenters. The number of hydrogen-bond acceptors (Lipinski definition) is 7. The molecule has 0 aromatic carbocycles. The fourth-order valence-corrected chi connectivity index (χ4v) is 5.63. The SMILES string of the molecule is CCCCN(C)C(=O)C1CCc2c(sc3ncnc(Nc4cc5cn[nH]c5[nH]c4=O)c23)C1. The smallest absolute Gasteiger partial charge is 0.273 e. The number of pyridine rings is 1. The van der Waals surface area contributed by atoms with Gasteiger partial charge >= 0.3 is 0 Å². The molecule has 166 valence electrons. The van der Waals surface area contributed by atoms with Crippen molar-refractivity contribution in [1.82, 2.24) is 30.0 Å². The Labute approximate surface area is 188 Å². The van der Waals surface area contributed by atoms with Gasteiger partial charge in [-0.25, -0.2) is 9.97 Å². The van der Waals surface area contributed by atoms with Crippen molar-refractivity contribution in [1.29, 1.82) is 0 Å². The molecule has 4 heterocycles. The summed E-state index contributed by atoms with van der Waals surface area (Å²) in [6, 6.07) is 1.76. The van der Waals surface area contributed by atoms with Crippen LogP contribution in [0.25, 0.3) is 21.3 Å². The van der Waals surface area contributed by atoms with Gasteiger partial charge in [0.05, 0.1) is 11.6 Å². The Morgan fingerprint density at radius 1 is 1.38 bits per heavy atom. The Morgan fingerprint density at radius 2 is 2.25 bits per heavy atom. The van der Waals surface area contributed by atoms with Crippen molar-refractivity contribution >= 4 is 50.0 Å². The molecule has 10 heteroatoms. The van der Waals surface area contributed by atoms with Crippen molar-refractivity contribution in [3.63, 3.8) is 0 Å². The van der Waals surface area contributed by atoms with E-state index in [1.54, 1.807) is 23.6 Å². The van der Waals surface area contributed by atoms with Gasteiger partial charge in [0.25, 0.3) is 5.56 Å². The number of unbranched alkanes of at least 4 members (excludes halogenated alkanes) is 1. The molecule has 0 radical (unpaired) electrons. The summed E-state index contributed by atoms with van der Waals surface area (Å²) >= 11 is 1.62. The van der Waals surface area contributed by atoms with E-state index < -0.39 is 0 Å². The molecule has 4 aromatic heterocycles. The van der Waals surface area contributed by atoms with Gasteiger partial charge in [-0.3, -0.25) is 14.7 Å². The maximum Gasteiger partial charge on any atom is 0.273 e. The number of thiophene rings is 1. The van der Waals surface area contributed by atoms with E-state index in [-0.39, 0.29) is 17.4 Å². The van der Waals surface area contributed by atoms with E-state index in [2.05, 4.69) is 37.4 Å². The molecule has 3 N–H and O–H groups in total. The van der Waals surface area contributed by atoms with Crippen LogP contribution in [0.1, 0.15) is 36.6 Å². The number of nitrogens with one attached hydrogen (secondary N) is 3. The Bertz CT molecular complexity index is 1360. The molecule has 1 atom stereocenters. The summed E-state index contributed by atoms with van der Waals surface area (Å²) in [6.07, 6.45) is 7.61. The standard InChI is InChI=1S/C22H25N7O2S/c1-3-4-7-29(2)22(31)12-5-6-14-16(9-12)32-21-17(14)19(23-11-24-21)26-15-8-13-10-25-28-18(13)27-20(15)30/h8,10-12H,3-7,9H2,1-2H3,(H,23,24,26)(H2,25,27,28,30). The molecule has 5 rings (SSSR count). The second-order valence-corrected chi connectivity index (χ2v) is 9.38. The third-order valence-electron chi connectivity index (χ3n) is 6.12. The number of aromatic amines is 2. The first-order chi connectivity index (χ1) is 15.5. The van der Waals surface area contributed by atoms with Crippen molar-refractivity contribution < 1.29 is 4.79 Å². The number of carbonyl (C=O) groups is 1. The highest BCUT2D eigenvalue weighted by Gasteiger charge is 2.30. The summed E-state index contributed by atoms with van der Waals surface area (Å²) in [4.78, 5) is 41.0. The monoisotopic (exact) mass is 451 g/mol. The lowest BCUT2D eigenvalue weighted by atomic mass is 9.87. The molecule has 0 bridgehead atoms. The number of hydrogen-bond donors (Lipinski definition) is 3. The molecule has 32 heavy (non-hydrogen) atoms. The van der Waals surface area contributed by atoms with Crippen LogP contribution in [-0.2, 0) is 17.6 Å². The number of aryl methyl sites for hydroxylation is 1. The number of fused-ring (bicyclic) bond motifs is 4. The van der Waals surface area contributed by atoms with Crippen molar-refractivity contribution in [3.8, 4) is 0 Å². The van der Waals surface area contributed by atoms with E-state index in [0.717, 1.165) is 54.3 Å². The second kappa shape index (κ2) is 8.34. The number of nitrogens with zero attached hydrogens (tertiary/aromatic N) is 4. The first kappa shape index (κ1) is 20.6. The highest BCUT2D eigenvalue weighted by atomic mass is 32.1. The molecule has 0 spiro atoms. The average Bonchev–Trinajstić information content (AvgIpc) is 3.40. The number of rotatable bonds is 6. The lowest BCUT2D eigenvalue weighted by Crippen LogP contribution is -2.36.